The summed E-state index contributed by atoms with van der Waals surface area (Å²) in [5.74, 6) is 0.744. The maximum atomic E-state index is 12.0. The summed E-state index contributed by atoms with van der Waals surface area (Å²) in [5.41, 5.74) is 1.55. The zero-order valence-corrected chi connectivity index (χ0v) is 12.1. The van der Waals surface area contributed by atoms with Gasteiger partial charge in [-0.1, -0.05) is 0 Å². The molecule has 1 aromatic heterocycles. The van der Waals surface area contributed by atoms with E-state index in [4.69, 9.17) is 4.74 Å². The van der Waals surface area contributed by atoms with E-state index < -0.39 is 11.0 Å². The number of aromatic nitrogens is 2. The van der Waals surface area contributed by atoms with E-state index in [-0.39, 0.29) is 4.75 Å². The minimum absolute atomic E-state index is 0.352. The Morgan fingerprint density at radius 2 is 2.28 bits per heavy atom. The quantitative estimate of drug-likeness (QED) is 0.771. The Labute approximate surface area is 110 Å². The van der Waals surface area contributed by atoms with E-state index in [0.29, 0.717) is 12.3 Å². The maximum Gasteiger partial charge on any atom is 0.221 e. The fourth-order valence-electron chi connectivity index (χ4n) is 1.63. The smallest absolute Gasteiger partial charge is 0.221 e. The van der Waals surface area contributed by atoms with E-state index >= 15 is 0 Å². The van der Waals surface area contributed by atoms with Crippen molar-refractivity contribution in [3.05, 3.63) is 11.8 Å². The number of aryl methyl sites for hydroxylation is 1. The average molecular weight is 269 g/mol. The number of fused-ring (bicyclic) bond motifs is 1. The third-order valence-electron chi connectivity index (χ3n) is 2.68. The molecule has 5 nitrogen and oxygen atoms in total. The average Bonchev–Trinajstić information content (AvgIpc) is 2.71. The van der Waals surface area contributed by atoms with Gasteiger partial charge in [-0.25, -0.2) is 8.89 Å². The molecule has 0 saturated carbocycles. The Balaban J connectivity index is 2.29. The monoisotopic (exact) mass is 269 g/mol. The van der Waals surface area contributed by atoms with E-state index in [2.05, 4.69) is 9.50 Å². The van der Waals surface area contributed by atoms with E-state index in [1.165, 1.54) is 0 Å². The Morgan fingerprint density at radius 3 is 2.94 bits per heavy atom. The Kier molecular flexibility index (Phi) is 3.56. The lowest BCUT2D eigenvalue weighted by molar-refractivity contribution is 0.230. The Morgan fingerprint density at radius 1 is 1.56 bits per heavy atom. The van der Waals surface area contributed by atoms with E-state index in [0.717, 1.165) is 24.4 Å². The summed E-state index contributed by atoms with van der Waals surface area (Å²) >= 11 is 0. The van der Waals surface area contributed by atoms with Crippen LogP contribution in [-0.4, -0.2) is 31.1 Å². The zero-order chi connectivity index (χ0) is 13.3. The highest BCUT2D eigenvalue weighted by Crippen LogP contribution is 2.24. The van der Waals surface area contributed by atoms with Gasteiger partial charge < -0.3 is 4.74 Å². The van der Waals surface area contributed by atoms with E-state index in [1.807, 2.05) is 32.4 Å². The number of rotatable bonds is 2. The molecule has 0 bridgehead atoms. The minimum atomic E-state index is -1.26. The fourth-order valence-corrected chi connectivity index (χ4v) is 2.25. The molecule has 0 radical (unpaired) electrons. The van der Waals surface area contributed by atoms with Crippen LogP contribution in [0.2, 0.25) is 0 Å². The standard InChI is InChI=1S/C12H19N3O2S/c1-9(14-18(16)12(2,3)4)10-8-13-15-6-5-7-17-11(10)15/h8H,5-7H2,1-4H3. The van der Waals surface area contributed by atoms with Crippen LogP contribution in [0, 0.1) is 0 Å². The molecule has 1 aliphatic heterocycles. The summed E-state index contributed by atoms with van der Waals surface area (Å²) < 4.78 is 23.3. The van der Waals surface area contributed by atoms with Gasteiger partial charge in [0.2, 0.25) is 5.88 Å². The van der Waals surface area contributed by atoms with Crippen molar-refractivity contribution in [2.24, 2.45) is 4.40 Å². The second-order valence-electron chi connectivity index (χ2n) is 5.33. The first-order valence-electron chi connectivity index (χ1n) is 6.06. The molecule has 1 atom stereocenters. The minimum Gasteiger partial charge on any atom is -0.477 e. The molecule has 0 aliphatic carbocycles. The molecule has 6 heteroatoms. The number of hydrogen-bond acceptors (Lipinski definition) is 3. The van der Waals surface area contributed by atoms with Gasteiger partial charge in [-0.2, -0.15) is 9.50 Å². The van der Waals surface area contributed by atoms with Crippen LogP contribution in [0.5, 0.6) is 5.88 Å². The lowest BCUT2D eigenvalue weighted by Crippen LogP contribution is -2.21. The van der Waals surface area contributed by atoms with E-state index in [9.17, 15) is 4.21 Å². The maximum absolute atomic E-state index is 12.0. The van der Waals surface area contributed by atoms with Crippen LogP contribution in [0.4, 0.5) is 0 Å². The van der Waals surface area contributed by atoms with Gasteiger partial charge in [0.1, 0.15) is 11.0 Å². The molecule has 0 saturated heterocycles. The molecule has 0 fully saturated rings. The molecule has 100 valence electrons. The highest BCUT2D eigenvalue weighted by atomic mass is 32.2. The first-order chi connectivity index (χ1) is 8.39. The van der Waals surface area contributed by atoms with Gasteiger partial charge in [-0.05, 0) is 27.7 Å². The molecule has 2 heterocycles. The lowest BCUT2D eigenvalue weighted by atomic mass is 10.2. The van der Waals surface area contributed by atoms with Crippen molar-refractivity contribution < 1.29 is 8.95 Å². The number of ether oxygens (including phenoxy) is 1. The van der Waals surface area contributed by atoms with Crippen molar-refractivity contribution in [1.29, 1.82) is 0 Å². The molecule has 1 aromatic rings. The fraction of sp³-hybridized carbons (Fsp3) is 0.667. The predicted molar refractivity (Wildman–Crippen MR) is 72.4 cm³/mol. The SMILES string of the molecule is CC(=NS(=O)C(C)(C)C)c1cnn2c1OCCC2. The van der Waals surface area contributed by atoms with Gasteiger partial charge in [0.25, 0.3) is 0 Å². The highest BCUT2D eigenvalue weighted by molar-refractivity contribution is 7.85. The lowest BCUT2D eigenvalue weighted by Gasteiger charge is -2.17. The molecule has 0 N–H and O–H groups in total. The summed E-state index contributed by atoms with van der Waals surface area (Å²) in [7, 11) is -1.26. The normalized spacial score (nSPS) is 18.1. The summed E-state index contributed by atoms with van der Waals surface area (Å²) in [6.45, 7) is 9.14. The topological polar surface area (TPSA) is 56.5 Å². The second kappa shape index (κ2) is 4.84. The van der Waals surface area contributed by atoms with Crippen LogP contribution in [0.3, 0.4) is 0 Å². The summed E-state index contributed by atoms with van der Waals surface area (Å²) in [4.78, 5) is 0. The first-order valence-corrected chi connectivity index (χ1v) is 7.16. The van der Waals surface area contributed by atoms with Gasteiger partial charge in [0.05, 0.1) is 28.8 Å². The van der Waals surface area contributed by atoms with Crippen LogP contribution < -0.4 is 4.74 Å². The van der Waals surface area contributed by atoms with Crippen molar-refractivity contribution in [2.45, 2.75) is 45.4 Å². The van der Waals surface area contributed by atoms with Crippen molar-refractivity contribution in [3.8, 4) is 5.88 Å². The molecular weight excluding hydrogens is 250 g/mol. The molecule has 0 aromatic carbocycles. The molecule has 1 aliphatic rings. The summed E-state index contributed by atoms with van der Waals surface area (Å²) in [6, 6.07) is 0. The highest BCUT2D eigenvalue weighted by Gasteiger charge is 2.22. The zero-order valence-electron chi connectivity index (χ0n) is 11.3. The van der Waals surface area contributed by atoms with Crippen molar-refractivity contribution in [1.82, 2.24) is 9.78 Å². The van der Waals surface area contributed by atoms with Crippen LogP contribution >= 0.6 is 0 Å². The van der Waals surface area contributed by atoms with Crippen molar-refractivity contribution in [3.63, 3.8) is 0 Å². The van der Waals surface area contributed by atoms with Crippen molar-refractivity contribution in [2.75, 3.05) is 6.61 Å². The predicted octanol–water partition coefficient (Wildman–Crippen LogP) is 1.94. The number of hydrogen-bond donors (Lipinski definition) is 0. The van der Waals surface area contributed by atoms with Crippen LogP contribution in [0.25, 0.3) is 0 Å². The van der Waals surface area contributed by atoms with Crippen LogP contribution in [0.15, 0.2) is 10.6 Å². The van der Waals surface area contributed by atoms with Crippen molar-refractivity contribution >= 4 is 16.7 Å². The molecule has 2 rings (SSSR count). The Hall–Kier alpha value is -1.17. The van der Waals surface area contributed by atoms with E-state index in [1.54, 1.807) is 6.20 Å². The van der Waals surface area contributed by atoms with Gasteiger partial charge in [0, 0.05) is 13.0 Å². The molecule has 18 heavy (non-hydrogen) atoms. The number of nitrogens with zero attached hydrogens (tertiary/aromatic N) is 3. The Bertz CT molecular complexity index is 500. The van der Waals surface area contributed by atoms with Gasteiger partial charge in [0.15, 0.2) is 0 Å². The summed E-state index contributed by atoms with van der Waals surface area (Å²) in [6.07, 6.45) is 2.71. The van der Waals surface area contributed by atoms with Gasteiger partial charge in [-0.3, -0.25) is 0 Å². The molecule has 1 unspecified atom stereocenters. The largest absolute Gasteiger partial charge is 0.477 e. The second-order valence-corrected chi connectivity index (χ2v) is 7.23. The molecule has 0 spiro atoms. The van der Waals surface area contributed by atoms with Crippen LogP contribution in [-0.2, 0) is 17.5 Å². The molecule has 0 amide bonds. The summed E-state index contributed by atoms with van der Waals surface area (Å²) in [5, 5.41) is 4.26. The molecular formula is C12H19N3O2S. The first kappa shape index (κ1) is 13.3. The third-order valence-corrected chi connectivity index (χ3v) is 4.16. The van der Waals surface area contributed by atoms with Gasteiger partial charge >= 0.3 is 0 Å². The third kappa shape index (κ3) is 2.63. The van der Waals surface area contributed by atoms with Gasteiger partial charge in [-0.15, -0.1) is 0 Å². The van der Waals surface area contributed by atoms with Crippen LogP contribution in [0.1, 0.15) is 39.7 Å².